The number of thioether (sulfide) groups is 1. The van der Waals surface area contributed by atoms with E-state index in [1.807, 2.05) is 30.3 Å². The molecule has 1 N–H and O–H groups in total. The molecule has 0 radical (unpaired) electrons. The molecule has 0 unspecified atom stereocenters. The fourth-order valence-electron chi connectivity index (χ4n) is 3.89. The van der Waals surface area contributed by atoms with Gasteiger partial charge in [-0.2, -0.15) is 0 Å². The Bertz CT molecular complexity index is 1230. The van der Waals surface area contributed by atoms with Gasteiger partial charge in [0, 0.05) is 34.0 Å². The van der Waals surface area contributed by atoms with E-state index in [2.05, 4.69) is 42.4 Å². The summed E-state index contributed by atoms with van der Waals surface area (Å²) in [5, 5.41) is 5.14. The van der Waals surface area contributed by atoms with Crippen molar-refractivity contribution in [1.82, 2.24) is 9.88 Å². The Hall–Kier alpha value is -2.19. The molecule has 3 heterocycles. The second kappa shape index (κ2) is 8.74. The second-order valence-corrected chi connectivity index (χ2v) is 11.1. The van der Waals surface area contributed by atoms with Crippen molar-refractivity contribution < 1.29 is 4.79 Å². The average Bonchev–Trinajstić information content (AvgIpc) is 3.34. The summed E-state index contributed by atoms with van der Waals surface area (Å²) in [4.78, 5) is 22.9. The van der Waals surface area contributed by atoms with Crippen LogP contribution in [0.5, 0.6) is 0 Å². The topological polar surface area (TPSA) is 45.2 Å². The summed E-state index contributed by atoms with van der Waals surface area (Å²) in [6.45, 7) is 4.05. The Morgan fingerprint density at radius 2 is 2.06 bits per heavy atom. The van der Waals surface area contributed by atoms with Gasteiger partial charge >= 0.3 is 0 Å². The van der Waals surface area contributed by atoms with E-state index in [0.717, 1.165) is 51.2 Å². The average molecular weight is 466 g/mol. The molecule has 7 heteroatoms. The summed E-state index contributed by atoms with van der Waals surface area (Å²) in [6.07, 6.45) is 0.978. The van der Waals surface area contributed by atoms with E-state index in [0.29, 0.717) is 5.56 Å². The van der Waals surface area contributed by atoms with E-state index in [9.17, 15) is 4.79 Å². The Kier molecular flexibility index (Phi) is 5.84. The molecule has 0 saturated heterocycles. The van der Waals surface area contributed by atoms with Crippen molar-refractivity contribution in [3.63, 3.8) is 0 Å². The first kappa shape index (κ1) is 20.7. The summed E-state index contributed by atoms with van der Waals surface area (Å²) in [5.41, 5.74) is 4.16. The predicted molar refractivity (Wildman–Crippen MR) is 134 cm³/mol. The molecule has 4 nitrogen and oxygen atoms in total. The fourth-order valence-corrected chi connectivity index (χ4v) is 7.05. The summed E-state index contributed by atoms with van der Waals surface area (Å²) >= 11 is 5.14. The summed E-state index contributed by atoms with van der Waals surface area (Å²) in [6, 6.07) is 16.1. The molecule has 0 aliphatic carbocycles. The molecule has 0 fully saturated rings. The van der Waals surface area contributed by atoms with E-state index in [1.165, 1.54) is 15.1 Å². The van der Waals surface area contributed by atoms with Crippen LogP contribution in [0, 0.1) is 0 Å². The molecule has 0 saturated carbocycles. The number of benzene rings is 2. The molecule has 0 bridgehead atoms. The number of anilines is 1. The Labute approximate surface area is 194 Å². The zero-order chi connectivity index (χ0) is 21.4. The van der Waals surface area contributed by atoms with Gasteiger partial charge in [0.2, 0.25) is 0 Å². The Morgan fingerprint density at radius 3 is 2.90 bits per heavy atom. The molecule has 0 spiro atoms. The Balaban J connectivity index is 1.55. The van der Waals surface area contributed by atoms with Crippen molar-refractivity contribution in [2.45, 2.75) is 24.8 Å². The van der Waals surface area contributed by atoms with Gasteiger partial charge in [-0.1, -0.05) is 25.1 Å². The van der Waals surface area contributed by atoms with Gasteiger partial charge in [-0.15, -0.1) is 34.4 Å². The maximum absolute atomic E-state index is 13.2. The quantitative estimate of drug-likeness (QED) is 0.348. The number of carbonyl (C=O) groups excluding carboxylic acids is 1. The van der Waals surface area contributed by atoms with Crippen molar-refractivity contribution in [2.75, 3.05) is 24.7 Å². The zero-order valence-corrected chi connectivity index (χ0v) is 19.9. The van der Waals surface area contributed by atoms with E-state index in [4.69, 9.17) is 4.98 Å². The summed E-state index contributed by atoms with van der Waals surface area (Å²) in [7, 11) is 2.15. The number of thiazole rings is 1. The number of likely N-dealkylation sites (N-methyl/N-ethyl adjacent to an activating group) is 1. The van der Waals surface area contributed by atoms with Gasteiger partial charge in [-0.25, -0.2) is 4.98 Å². The Morgan fingerprint density at radius 1 is 1.19 bits per heavy atom. The van der Waals surface area contributed by atoms with Gasteiger partial charge in [-0.05, 0) is 55.1 Å². The van der Waals surface area contributed by atoms with E-state index in [1.54, 1.807) is 34.4 Å². The molecule has 5 rings (SSSR count). The third kappa shape index (κ3) is 4.15. The third-order valence-corrected chi connectivity index (χ3v) is 8.45. The maximum Gasteiger partial charge on any atom is 0.256 e. The molecular formula is C24H23N3OS3. The minimum Gasteiger partial charge on any atom is -0.313 e. The van der Waals surface area contributed by atoms with Crippen LogP contribution < -0.4 is 5.32 Å². The van der Waals surface area contributed by atoms with Gasteiger partial charge in [-0.3, -0.25) is 4.79 Å². The standard InChI is InChI=1S/C24H23N3OS3/c1-3-29-16-8-6-7-15(13-16)22(28)26-24-21(17-11-12-27(2)14-20(17)31-24)23-25-18-9-4-5-10-19(18)30-23/h4-10,13H,3,11-12,14H2,1-2H3,(H,26,28). The smallest absolute Gasteiger partial charge is 0.256 e. The number of hydrogen-bond donors (Lipinski definition) is 1. The first-order valence-electron chi connectivity index (χ1n) is 10.4. The van der Waals surface area contributed by atoms with Crippen LogP contribution in [-0.4, -0.2) is 35.1 Å². The van der Waals surface area contributed by atoms with Gasteiger partial charge in [0.1, 0.15) is 10.0 Å². The number of nitrogens with one attached hydrogen (secondary N) is 1. The van der Waals surface area contributed by atoms with Crippen molar-refractivity contribution in [3.8, 4) is 10.6 Å². The highest BCUT2D eigenvalue weighted by Gasteiger charge is 2.27. The lowest BCUT2D eigenvalue weighted by molar-refractivity contribution is 0.102. The highest BCUT2D eigenvalue weighted by Crippen LogP contribution is 2.45. The predicted octanol–water partition coefficient (Wildman–Crippen LogP) is 6.38. The molecule has 2 aromatic heterocycles. The van der Waals surface area contributed by atoms with Crippen LogP contribution in [0.4, 0.5) is 5.00 Å². The van der Waals surface area contributed by atoms with Crippen LogP contribution >= 0.6 is 34.4 Å². The number of rotatable bonds is 5. The van der Waals surface area contributed by atoms with Crippen LogP contribution in [0.2, 0.25) is 0 Å². The molecule has 4 aromatic rings. The van der Waals surface area contributed by atoms with Gasteiger partial charge < -0.3 is 10.2 Å². The molecular weight excluding hydrogens is 442 g/mol. The first-order valence-corrected chi connectivity index (χ1v) is 13.0. The normalized spacial score (nSPS) is 14.0. The second-order valence-electron chi connectivity index (χ2n) is 7.60. The van der Waals surface area contributed by atoms with Crippen LogP contribution in [0.25, 0.3) is 20.8 Å². The van der Waals surface area contributed by atoms with Crippen molar-refractivity contribution in [1.29, 1.82) is 0 Å². The first-order chi connectivity index (χ1) is 15.1. The van der Waals surface area contributed by atoms with Crippen LogP contribution in [0.1, 0.15) is 27.7 Å². The number of aromatic nitrogens is 1. The minimum absolute atomic E-state index is 0.0622. The molecule has 31 heavy (non-hydrogen) atoms. The van der Waals surface area contributed by atoms with Crippen LogP contribution in [0.15, 0.2) is 53.4 Å². The number of hydrogen-bond acceptors (Lipinski definition) is 6. The van der Waals surface area contributed by atoms with Crippen molar-refractivity contribution >= 4 is 55.6 Å². The lowest BCUT2D eigenvalue weighted by atomic mass is 10.0. The highest BCUT2D eigenvalue weighted by atomic mass is 32.2. The summed E-state index contributed by atoms with van der Waals surface area (Å²) < 4.78 is 1.17. The molecule has 0 atom stereocenters. The largest absolute Gasteiger partial charge is 0.313 e. The number of para-hydroxylation sites is 1. The number of fused-ring (bicyclic) bond motifs is 2. The van der Waals surface area contributed by atoms with Gasteiger partial charge in [0.05, 0.1) is 10.2 Å². The SMILES string of the molecule is CCSc1cccc(C(=O)Nc2sc3c(c2-c2nc4ccccc4s2)CCN(C)C3)c1. The fraction of sp³-hybridized carbons (Fsp3) is 0.250. The molecule has 1 amide bonds. The number of thiophene rings is 1. The molecule has 1 aliphatic rings. The van der Waals surface area contributed by atoms with E-state index in [-0.39, 0.29) is 5.91 Å². The van der Waals surface area contributed by atoms with Crippen molar-refractivity contribution in [2.24, 2.45) is 0 Å². The van der Waals surface area contributed by atoms with Crippen LogP contribution in [-0.2, 0) is 13.0 Å². The number of carbonyl (C=O) groups is 1. The van der Waals surface area contributed by atoms with Gasteiger partial charge in [0.15, 0.2) is 0 Å². The van der Waals surface area contributed by atoms with Crippen molar-refractivity contribution in [3.05, 3.63) is 64.5 Å². The molecule has 1 aliphatic heterocycles. The monoisotopic (exact) mass is 465 g/mol. The number of amides is 1. The molecule has 158 valence electrons. The zero-order valence-electron chi connectivity index (χ0n) is 17.5. The maximum atomic E-state index is 13.2. The lowest BCUT2D eigenvalue weighted by Gasteiger charge is -2.22. The van der Waals surface area contributed by atoms with Crippen LogP contribution in [0.3, 0.4) is 0 Å². The minimum atomic E-state index is -0.0622. The highest BCUT2D eigenvalue weighted by molar-refractivity contribution is 7.99. The molecule has 2 aromatic carbocycles. The lowest BCUT2D eigenvalue weighted by Crippen LogP contribution is -2.25. The third-order valence-electron chi connectivity index (χ3n) is 5.39. The van der Waals surface area contributed by atoms with E-state index >= 15 is 0 Å². The van der Waals surface area contributed by atoms with Gasteiger partial charge in [0.25, 0.3) is 5.91 Å². The number of nitrogens with zero attached hydrogens (tertiary/aromatic N) is 2. The van der Waals surface area contributed by atoms with E-state index < -0.39 is 0 Å². The summed E-state index contributed by atoms with van der Waals surface area (Å²) in [5.74, 6) is 0.922.